The Labute approximate surface area is 353 Å². The molecular weight excluding hydrogens is 761 g/mol. The Morgan fingerprint density at radius 2 is 0.806 bits per heavy atom. The van der Waals surface area contributed by atoms with E-state index in [1.54, 1.807) is 0 Å². The van der Waals surface area contributed by atoms with Crippen molar-refractivity contribution in [1.29, 1.82) is 0 Å². The minimum absolute atomic E-state index is 0.571. The van der Waals surface area contributed by atoms with Gasteiger partial charge in [-0.3, -0.25) is 9.13 Å². The van der Waals surface area contributed by atoms with E-state index in [0.29, 0.717) is 11.6 Å². The minimum Gasteiger partial charge on any atom is -0.310 e. The van der Waals surface area contributed by atoms with Crippen LogP contribution in [0.5, 0.6) is 0 Å². The summed E-state index contributed by atoms with van der Waals surface area (Å²) >= 11 is 0. The first-order chi connectivity index (χ1) is 30.7. The molecule has 0 aliphatic rings. The van der Waals surface area contributed by atoms with Crippen molar-refractivity contribution in [3.63, 3.8) is 0 Å². The van der Waals surface area contributed by atoms with Crippen molar-refractivity contribution >= 4 is 98.4 Å². The van der Waals surface area contributed by atoms with E-state index in [1.165, 1.54) is 32.3 Å². The maximum atomic E-state index is 5.45. The molecule has 0 atom stereocenters. The molecule has 8 aromatic carbocycles. The van der Waals surface area contributed by atoms with Gasteiger partial charge in [-0.15, -0.1) is 0 Å². The van der Waals surface area contributed by atoms with Gasteiger partial charge in [-0.25, -0.2) is 4.98 Å². The predicted octanol–water partition coefficient (Wildman–Crippen LogP) is 12.8. The number of aromatic nitrogens is 8. The van der Waals surface area contributed by atoms with E-state index >= 15 is 0 Å². The maximum Gasteiger partial charge on any atom is 0.236 e. The molecule has 8 heteroatoms. The Hall–Kier alpha value is -8.49. The third-order valence-electron chi connectivity index (χ3n) is 13.0. The molecule has 0 amide bonds. The number of nitrogens with zero attached hydrogens (tertiary/aromatic N) is 8. The average Bonchev–Trinajstić information content (AvgIpc) is 4.12. The van der Waals surface area contributed by atoms with Crippen molar-refractivity contribution in [2.24, 2.45) is 7.05 Å². The van der Waals surface area contributed by atoms with Crippen LogP contribution in [0, 0.1) is 0 Å². The van der Waals surface area contributed by atoms with Crippen LogP contribution < -0.4 is 0 Å². The van der Waals surface area contributed by atoms with Gasteiger partial charge in [0, 0.05) is 61.5 Å². The van der Waals surface area contributed by atoms with E-state index in [-0.39, 0.29) is 0 Å². The molecule has 6 aromatic heterocycles. The van der Waals surface area contributed by atoms with Crippen LogP contribution in [0.25, 0.3) is 122 Å². The van der Waals surface area contributed by atoms with Crippen molar-refractivity contribution in [2.75, 3.05) is 0 Å². The number of hydrogen-bond acceptors (Lipinski definition) is 3. The van der Waals surface area contributed by atoms with Crippen molar-refractivity contribution in [3.8, 4) is 23.3 Å². The number of hydrogen-bond donors (Lipinski definition) is 0. The molecule has 14 rings (SSSR count). The lowest BCUT2D eigenvalue weighted by molar-refractivity contribution is 0.869. The van der Waals surface area contributed by atoms with Gasteiger partial charge in [-0.1, -0.05) is 127 Å². The number of benzene rings is 8. The molecule has 0 N–H and O–H groups in total. The van der Waals surface area contributed by atoms with Crippen LogP contribution in [-0.2, 0) is 7.05 Å². The van der Waals surface area contributed by atoms with Crippen LogP contribution in [0.2, 0.25) is 0 Å². The predicted molar refractivity (Wildman–Crippen MR) is 254 cm³/mol. The van der Waals surface area contributed by atoms with E-state index in [9.17, 15) is 0 Å². The van der Waals surface area contributed by atoms with E-state index in [0.717, 1.165) is 77.7 Å². The molecular formula is C54H34N8. The Kier molecular flexibility index (Phi) is 6.61. The largest absolute Gasteiger partial charge is 0.310 e. The zero-order valence-corrected chi connectivity index (χ0v) is 33.5. The molecule has 0 spiro atoms. The van der Waals surface area contributed by atoms with Crippen LogP contribution in [0.4, 0.5) is 0 Å². The highest BCUT2D eigenvalue weighted by Gasteiger charge is 2.26. The van der Waals surface area contributed by atoms with E-state index in [2.05, 4.69) is 212 Å². The number of rotatable bonds is 4. The fraction of sp³-hybridized carbons (Fsp3) is 0.0185. The van der Waals surface area contributed by atoms with Crippen LogP contribution >= 0.6 is 0 Å². The molecule has 0 aliphatic carbocycles. The van der Waals surface area contributed by atoms with Gasteiger partial charge in [0.15, 0.2) is 5.65 Å². The van der Waals surface area contributed by atoms with E-state index in [4.69, 9.17) is 15.0 Å². The summed E-state index contributed by atoms with van der Waals surface area (Å²) in [6, 6.07) is 64.9. The Morgan fingerprint density at radius 3 is 1.44 bits per heavy atom. The number of imidazole rings is 1. The molecule has 0 unspecified atom stereocenters. The summed E-state index contributed by atoms with van der Waals surface area (Å²) in [5.74, 6) is 1.34. The maximum absolute atomic E-state index is 5.45. The van der Waals surface area contributed by atoms with Gasteiger partial charge in [0.25, 0.3) is 0 Å². The molecule has 290 valence electrons. The topological polar surface area (TPSA) is 63.3 Å². The Morgan fingerprint density at radius 1 is 0.339 bits per heavy atom. The Bertz CT molecular complexity index is 4160. The SMILES string of the molecule is Cn1c(-n2c3ccccc3c3ccc4c(c5ccccc5n4-c4ccccc4)c32)nc2nc(-n3c4ccccc4c4ccc5c6ccccc6n(-c6ccccc6)c5c43)ncc21. The standard InChI is InChI=1S/C54H34N8/c1-58-47-32-55-53(61-43-25-13-9-22-37(43)40-29-28-39-36-21-8-12-24-42(36)60(50(39)51(40)61)34-18-6-3-7-19-34)56-52(47)57-54(58)62-44-26-14-10-20-35(44)38-30-31-46-48(49(38)62)41-23-11-15-27-45(41)59(46)33-16-4-2-5-17-33/h2-32H,1H3. The van der Waals surface area contributed by atoms with E-state index in [1.807, 2.05) is 6.20 Å². The molecule has 62 heavy (non-hydrogen) atoms. The summed E-state index contributed by atoms with van der Waals surface area (Å²) in [5, 5.41) is 9.36. The lowest BCUT2D eigenvalue weighted by Crippen LogP contribution is -2.04. The zero-order valence-electron chi connectivity index (χ0n) is 33.5. The fourth-order valence-electron chi connectivity index (χ4n) is 10.4. The first kappa shape index (κ1) is 33.4. The van der Waals surface area contributed by atoms with Gasteiger partial charge in [-0.05, 0) is 54.6 Å². The second kappa shape index (κ2) is 12.3. The second-order valence-corrected chi connectivity index (χ2v) is 16.1. The number of para-hydroxylation sites is 6. The van der Waals surface area contributed by atoms with Gasteiger partial charge < -0.3 is 13.7 Å². The lowest BCUT2D eigenvalue weighted by atomic mass is 10.1. The van der Waals surface area contributed by atoms with E-state index < -0.39 is 0 Å². The summed E-state index contributed by atoms with van der Waals surface area (Å²) < 4.78 is 11.5. The summed E-state index contributed by atoms with van der Waals surface area (Å²) in [6.07, 6.45) is 1.94. The quantitative estimate of drug-likeness (QED) is 0.178. The minimum atomic E-state index is 0.571. The van der Waals surface area contributed by atoms with Crippen molar-refractivity contribution in [1.82, 2.24) is 37.8 Å². The molecule has 0 saturated heterocycles. The first-order valence-electron chi connectivity index (χ1n) is 20.9. The van der Waals surface area contributed by atoms with Gasteiger partial charge in [0.1, 0.15) is 5.52 Å². The molecule has 0 saturated carbocycles. The third-order valence-corrected chi connectivity index (χ3v) is 13.0. The normalized spacial score (nSPS) is 12.3. The van der Waals surface area contributed by atoms with Crippen molar-refractivity contribution < 1.29 is 0 Å². The summed E-state index contributed by atoms with van der Waals surface area (Å²) in [5.41, 5.74) is 12.5. The second-order valence-electron chi connectivity index (χ2n) is 16.1. The van der Waals surface area contributed by atoms with Crippen LogP contribution in [0.15, 0.2) is 188 Å². The Balaban J connectivity index is 1.07. The number of fused-ring (bicyclic) bond motifs is 15. The van der Waals surface area contributed by atoms with Crippen molar-refractivity contribution in [3.05, 3.63) is 188 Å². The molecule has 6 heterocycles. The van der Waals surface area contributed by atoms with Crippen LogP contribution in [-0.4, -0.2) is 37.8 Å². The third kappa shape index (κ3) is 4.32. The molecule has 0 aliphatic heterocycles. The highest BCUT2D eigenvalue weighted by molar-refractivity contribution is 6.26. The van der Waals surface area contributed by atoms with Gasteiger partial charge in [-0.2, -0.15) is 9.97 Å². The van der Waals surface area contributed by atoms with Gasteiger partial charge in [0.2, 0.25) is 11.9 Å². The van der Waals surface area contributed by atoms with Gasteiger partial charge >= 0.3 is 0 Å². The van der Waals surface area contributed by atoms with Gasteiger partial charge in [0.05, 0.1) is 50.3 Å². The fourth-order valence-corrected chi connectivity index (χ4v) is 10.4. The highest BCUT2D eigenvalue weighted by atomic mass is 15.3. The monoisotopic (exact) mass is 794 g/mol. The zero-order chi connectivity index (χ0) is 40.6. The molecule has 0 radical (unpaired) electrons. The molecule has 8 nitrogen and oxygen atoms in total. The highest BCUT2D eigenvalue weighted by Crippen LogP contribution is 2.44. The average molecular weight is 795 g/mol. The molecule has 14 aromatic rings. The summed E-state index contributed by atoms with van der Waals surface area (Å²) in [7, 11) is 2.07. The molecule has 0 fully saturated rings. The smallest absolute Gasteiger partial charge is 0.236 e. The van der Waals surface area contributed by atoms with Crippen molar-refractivity contribution in [2.45, 2.75) is 0 Å². The lowest BCUT2D eigenvalue weighted by Gasteiger charge is -2.11. The summed E-state index contributed by atoms with van der Waals surface area (Å²) in [6.45, 7) is 0. The van der Waals surface area contributed by atoms with Crippen LogP contribution in [0.1, 0.15) is 0 Å². The molecule has 0 bridgehead atoms. The first-order valence-corrected chi connectivity index (χ1v) is 20.9. The summed E-state index contributed by atoms with van der Waals surface area (Å²) in [4.78, 5) is 16.0. The van der Waals surface area contributed by atoms with Crippen LogP contribution in [0.3, 0.4) is 0 Å². The number of aryl methyl sites for hydroxylation is 1.